The summed E-state index contributed by atoms with van der Waals surface area (Å²) in [6, 6.07) is 5.29. The molecule has 0 fully saturated rings. The van der Waals surface area contributed by atoms with Gasteiger partial charge in [-0.2, -0.15) is 0 Å². The highest BCUT2D eigenvalue weighted by Crippen LogP contribution is 2.18. The first kappa shape index (κ1) is 18.0. The van der Waals surface area contributed by atoms with Crippen LogP contribution in [-0.2, 0) is 13.1 Å². The van der Waals surface area contributed by atoms with Gasteiger partial charge in [-0.3, -0.25) is 14.2 Å². The Morgan fingerprint density at radius 1 is 1.23 bits per heavy atom. The molecule has 0 bridgehead atoms. The molecule has 0 N–H and O–H groups in total. The van der Waals surface area contributed by atoms with Crippen molar-refractivity contribution < 1.29 is 4.79 Å². The van der Waals surface area contributed by atoms with Crippen LogP contribution < -0.4 is 5.56 Å². The molecule has 6 heteroatoms. The molecule has 0 saturated heterocycles. The number of aromatic nitrogens is 4. The van der Waals surface area contributed by atoms with Crippen molar-refractivity contribution in [2.75, 3.05) is 0 Å². The van der Waals surface area contributed by atoms with Crippen LogP contribution in [0.2, 0.25) is 0 Å². The summed E-state index contributed by atoms with van der Waals surface area (Å²) in [5.74, 6) is 0.521. The minimum absolute atomic E-state index is 0.0227. The number of carbonyl (C=O) groups is 1. The predicted molar refractivity (Wildman–Crippen MR) is 101 cm³/mol. The van der Waals surface area contributed by atoms with Crippen LogP contribution in [0.4, 0.5) is 0 Å². The second-order valence-corrected chi connectivity index (χ2v) is 7.09. The third-order valence-corrected chi connectivity index (χ3v) is 4.72. The zero-order chi connectivity index (χ0) is 18.8. The quantitative estimate of drug-likeness (QED) is 0.639. The predicted octanol–water partition coefficient (Wildman–Crippen LogP) is 3.14. The molecule has 0 radical (unpaired) electrons. The Bertz CT molecular complexity index is 1010. The van der Waals surface area contributed by atoms with Crippen molar-refractivity contribution in [2.24, 2.45) is 5.92 Å². The molecule has 136 valence electrons. The molecule has 0 atom stereocenters. The Hall–Kier alpha value is -2.76. The lowest BCUT2D eigenvalue weighted by atomic mass is 10.1. The number of rotatable bonds is 6. The van der Waals surface area contributed by atoms with Crippen molar-refractivity contribution in [3.8, 4) is 0 Å². The van der Waals surface area contributed by atoms with E-state index in [0.717, 1.165) is 24.4 Å². The number of ketones is 1. The van der Waals surface area contributed by atoms with Gasteiger partial charge < -0.3 is 4.57 Å². The fourth-order valence-corrected chi connectivity index (χ4v) is 3.17. The highest BCUT2D eigenvalue weighted by Gasteiger charge is 2.17. The summed E-state index contributed by atoms with van der Waals surface area (Å²) in [5, 5.41) is 0.421. The lowest BCUT2D eigenvalue weighted by Crippen LogP contribution is -2.25. The van der Waals surface area contributed by atoms with Gasteiger partial charge in [-0.25, -0.2) is 9.97 Å². The first-order valence-electron chi connectivity index (χ1n) is 8.88. The van der Waals surface area contributed by atoms with E-state index >= 15 is 0 Å². The van der Waals surface area contributed by atoms with Crippen LogP contribution in [0.5, 0.6) is 0 Å². The van der Waals surface area contributed by atoms with E-state index in [2.05, 4.69) is 28.4 Å². The molecule has 0 aliphatic heterocycles. The Kier molecular flexibility index (Phi) is 5.02. The Morgan fingerprint density at radius 2 is 2.00 bits per heavy atom. The minimum Gasteiger partial charge on any atom is -0.348 e. The van der Waals surface area contributed by atoms with Crippen LogP contribution in [0.1, 0.15) is 42.0 Å². The highest BCUT2D eigenvalue weighted by molar-refractivity contribution is 5.97. The summed E-state index contributed by atoms with van der Waals surface area (Å²) < 4.78 is 3.53. The van der Waals surface area contributed by atoms with E-state index in [1.165, 1.54) is 10.9 Å². The summed E-state index contributed by atoms with van der Waals surface area (Å²) in [7, 11) is 0. The molecule has 3 aromatic heterocycles. The van der Waals surface area contributed by atoms with Crippen molar-refractivity contribution >= 4 is 16.8 Å². The van der Waals surface area contributed by atoms with E-state index in [1.807, 2.05) is 19.9 Å². The topological polar surface area (TPSA) is 69.8 Å². The number of fused-ring (bicyclic) bond motifs is 1. The maximum Gasteiger partial charge on any atom is 0.263 e. The van der Waals surface area contributed by atoms with E-state index in [-0.39, 0.29) is 17.9 Å². The Morgan fingerprint density at radius 3 is 2.73 bits per heavy atom. The number of pyridine rings is 1. The largest absolute Gasteiger partial charge is 0.348 e. The van der Waals surface area contributed by atoms with Crippen LogP contribution in [0, 0.1) is 19.8 Å². The van der Waals surface area contributed by atoms with Gasteiger partial charge in [0.2, 0.25) is 0 Å². The maximum absolute atomic E-state index is 12.8. The standard InChI is InChI=1S/C20H24N4O2/c1-13(2)7-9-24-14(3)10-17(15(24)4)18(25)11-23-12-22-19-16(20(23)26)6-5-8-21-19/h5-6,8,10,12-13H,7,9,11H2,1-4H3. The number of aryl methyl sites for hydroxylation is 1. The van der Waals surface area contributed by atoms with Crippen LogP contribution in [0.3, 0.4) is 0 Å². The second kappa shape index (κ2) is 7.23. The zero-order valence-electron chi connectivity index (χ0n) is 15.7. The van der Waals surface area contributed by atoms with E-state index < -0.39 is 0 Å². The third-order valence-electron chi connectivity index (χ3n) is 4.72. The van der Waals surface area contributed by atoms with E-state index in [1.54, 1.807) is 18.3 Å². The molecule has 3 aromatic rings. The maximum atomic E-state index is 12.8. The van der Waals surface area contributed by atoms with Gasteiger partial charge in [0.15, 0.2) is 11.4 Å². The Labute approximate surface area is 152 Å². The second-order valence-electron chi connectivity index (χ2n) is 7.09. The number of Topliss-reactive ketones (excluding diaryl/α,β-unsaturated/α-hetero) is 1. The van der Waals surface area contributed by atoms with Gasteiger partial charge >= 0.3 is 0 Å². The SMILES string of the molecule is Cc1cc(C(=O)Cn2cnc3ncccc3c2=O)c(C)n1CCC(C)C. The van der Waals surface area contributed by atoms with E-state index in [0.29, 0.717) is 22.5 Å². The summed E-state index contributed by atoms with van der Waals surface area (Å²) in [4.78, 5) is 33.6. The molecule has 0 aromatic carbocycles. The average Bonchev–Trinajstić information content (AvgIpc) is 2.90. The fraction of sp³-hybridized carbons (Fsp3) is 0.400. The highest BCUT2D eigenvalue weighted by atomic mass is 16.1. The van der Waals surface area contributed by atoms with Crippen LogP contribution in [0.25, 0.3) is 11.0 Å². The van der Waals surface area contributed by atoms with E-state index in [9.17, 15) is 9.59 Å². The van der Waals surface area contributed by atoms with Gasteiger partial charge in [0.1, 0.15) is 6.33 Å². The number of carbonyl (C=O) groups excluding carboxylic acids is 1. The molecule has 3 heterocycles. The Balaban J connectivity index is 1.88. The monoisotopic (exact) mass is 352 g/mol. The molecular weight excluding hydrogens is 328 g/mol. The summed E-state index contributed by atoms with van der Waals surface area (Å²) >= 11 is 0. The van der Waals surface area contributed by atoms with Crippen molar-refractivity contribution in [3.05, 3.63) is 58.0 Å². The van der Waals surface area contributed by atoms with Crippen molar-refractivity contribution in [1.29, 1.82) is 0 Å². The number of hydrogen-bond acceptors (Lipinski definition) is 4. The van der Waals surface area contributed by atoms with Gasteiger partial charge in [0, 0.05) is 29.7 Å². The van der Waals surface area contributed by atoms with Crippen molar-refractivity contribution in [2.45, 2.75) is 47.2 Å². The zero-order valence-corrected chi connectivity index (χ0v) is 15.7. The number of nitrogens with zero attached hydrogens (tertiary/aromatic N) is 4. The average molecular weight is 352 g/mol. The van der Waals surface area contributed by atoms with Gasteiger partial charge in [0.05, 0.1) is 11.9 Å². The lowest BCUT2D eigenvalue weighted by molar-refractivity contribution is 0.0970. The van der Waals surface area contributed by atoms with Gasteiger partial charge in [-0.15, -0.1) is 0 Å². The molecule has 0 unspecified atom stereocenters. The summed E-state index contributed by atoms with van der Waals surface area (Å²) in [5.41, 5.74) is 2.85. The molecule has 0 aliphatic carbocycles. The summed E-state index contributed by atoms with van der Waals surface area (Å²) in [6.07, 6.45) is 4.05. The molecule has 26 heavy (non-hydrogen) atoms. The van der Waals surface area contributed by atoms with E-state index in [4.69, 9.17) is 0 Å². The smallest absolute Gasteiger partial charge is 0.263 e. The molecule has 6 nitrogen and oxygen atoms in total. The van der Waals surface area contributed by atoms with Gasteiger partial charge in [-0.1, -0.05) is 13.8 Å². The first-order chi connectivity index (χ1) is 12.4. The molecule has 0 amide bonds. The fourth-order valence-electron chi connectivity index (χ4n) is 3.17. The van der Waals surface area contributed by atoms with Crippen LogP contribution in [0.15, 0.2) is 35.5 Å². The van der Waals surface area contributed by atoms with Crippen LogP contribution >= 0.6 is 0 Å². The minimum atomic E-state index is -0.245. The van der Waals surface area contributed by atoms with Gasteiger partial charge in [0.25, 0.3) is 5.56 Å². The molecular formula is C20H24N4O2. The van der Waals surface area contributed by atoms with Crippen molar-refractivity contribution in [3.63, 3.8) is 0 Å². The molecule has 0 aliphatic rings. The van der Waals surface area contributed by atoms with Gasteiger partial charge in [-0.05, 0) is 44.4 Å². The molecule has 0 spiro atoms. The third kappa shape index (κ3) is 3.45. The first-order valence-corrected chi connectivity index (χ1v) is 8.88. The van der Waals surface area contributed by atoms with Crippen molar-refractivity contribution in [1.82, 2.24) is 19.1 Å². The lowest BCUT2D eigenvalue weighted by Gasteiger charge is -2.11. The molecule has 3 rings (SSSR count). The van der Waals surface area contributed by atoms with Crippen LogP contribution in [-0.4, -0.2) is 24.9 Å². The number of hydrogen-bond donors (Lipinski definition) is 0. The molecule has 0 saturated carbocycles. The summed E-state index contributed by atoms with van der Waals surface area (Å²) in [6.45, 7) is 9.23. The normalized spacial score (nSPS) is 11.4.